The Morgan fingerprint density at radius 1 is 1.08 bits per heavy atom. The molecule has 4 rings (SSSR count). The molecule has 2 aromatic carbocycles. The fourth-order valence-corrected chi connectivity index (χ4v) is 2.59. The van der Waals surface area contributed by atoms with Gasteiger partial charge in [0.2, 0.25) is 5.91 Å². The van der Waals surface area contributed by atoms with Crippen LogP contribution in [0.15, 0.2) is 48.8 Å². The Bertz CT molecular complexity index is 927. The van der Waals surface area contributed by atoms with Crippen molar-refractivity contribution in [3.8, 4) is 0 Å². The molecule has 1 fully saturated rings. The van der Waals surface area contributed by atoms with Gasteiger partial charge in [-0.3, -0.25) is 9.59 Å². The van der Waals surface area contributed by atoms with Crippen molar-refractivity contribution in [3.63, 3.8) is 0 Å². The van der Waals surface area contributed by atoms with Crippen LogP contribution in [-0.4, -0.2) is 21.8 Å². The van der Waals surface area contributed by atoms with E-state index in [1.807, 2.05) is 12.1 Å². The number of imidazole rings is 1. The van der Waals surface area contributed by atoms with Gasteiger partial charge < -0.3 is 15.6 Å². The minimum atomic E-state index is -0.243. The van der Waals surface area contributed by atoms with Crippen LogP contribution in [-0.2, 0) is 4.79 Å². The van der Waals surface area contributed by atoms with Crippen LogP contribution in [0.1, 0.15) is 23.2 Å². The summed E-state index contributed by atoms with van der Waals surface area (Å²) in [5.74, 6) is -0.0957. The number of aromatic nitrogens is 2. The predicted octanol–water partition coefficient (Wildman–Crippen LogP) is 3.16. The van der Waals surface area contributed by atoms with E-state index in [4.69, 9.17) is 0 Å². The van der Waals surface area contributed by atoms with Crippen molar-refractivity contribution < 1.29 is 9.59 Å². The maximum absolute atomic E-state index is 12.5. The first kappa shape index (κ1) is 14.4. The summed E-state index contributed by atoms with van der Waals surface area (Å²) in [6.07, 6.45) is 3.48. The van der Waals surface area contributed by atoms with Crippen molar-refractivity contribution in [2.75, 3.05) is 10.6 Å². The van der Waals surface area contributed by atoms with Crippen LogP contribution >= 0.6 is 0 Å². The van der Waals surface area contributed by atoms with Gasteiger partial charge in [0.15, 0.2) is 0 Å². The third kappa shape index (κ3) is 2.86. The maximum atomic E-state index is 12.5. The van der Waals surface area contributed by atoms with Crippen molar-refractivity contribution in [2.45, 2.75) is 12.8 Å². The number of carbonyl (C=O) groups is 2. The lowest BCUT2D eigenvalue weighted by molar-refractivity contribution is -0.117. The molecule has 0 atom stereocenters. The number of H-pyrrole nitrogens is 1. The van der Waals surface area contributed by atoms with Crippen LogP contribution in [0.25, 0.3) is 11.0 Å². The van der Waals surface area contributed by atoms with E-state index in [1.54, 1.807) is 36.7 Å². The number of aromatic amines is 1. The topological polar surface area (TPSA) is 86.9 Å². The van der Waals surface area contributed by atoms with E-state index in [0.29, 0.717) is 22.5 Å². The number of amides is 2. The number of anilines is 2. The molecule has 2 amide bonds. The van der Waals surface area contributed by atoms with Gasteiger partial charge in [-0.25, -0.2) is 4.98 Å². The number of rotatable bonds is 4. The van der Waals surface area contributed by atoms with Gasteiger partial charge in [-0.2, -0.15) is 0 Å². The number of nitrogens with zero attached hydrogens (tertiary/aromatic N) is 1. The lowest BCUT2D eigenvalue weighted by atomic mass is 10.1. The van der Waals surface area contributed by atoms with Gasteiger partial charge in [-0.1, -0.05) is 12.1 Å². The zero-order valence-electron chi connectivity index (χ0n) is 12.9. The van der Waals surface area contributed by atoms with Gasteiger partial charge in [-0.05, 0) is 43.2 Å². The zero-order valence-corrected chi connectivity index (χ0v) is 12.9. The lowest BCUT2D eigenvalue weighted by Crippen LogP contribution is -2.15. The summed E-state index contributed by atoms with van der Waals surface area (Å²) in [6.45, 7) is 0. The van der Waals surface area contributed by atoms with Gasteiger partial charge in [0.25, 0.3) is 5.91 Å². The molecule has 1 aromatic heterocycles. The summed E-state index contributed by atoms with van der Waals surface area (Å²) in [7, 11) is 0. The van der Waals surface area contributed by atoms with E-state index >= 15 is 0 Å². The summed E-state index contributed by atoms with van der Waals surface area (Å²) in [5, 5.41) is 5.72. The van der Waals surface area contributed by atoms with Crippen molar-refractivity contribution in [3.05, 3.63) is 54.4 Å². The van der Waals surface area contributed by atoms with Crippen molar-refractivity contribution >= 4 is 34.2 Å². The molecule has 120 valence electrons. The lowest BCUT2D eigenvalue weighted by Gasteiger charge is -2.08. The minimum Gasteiger partial charge on any atom is -0.345 e. The molecule has 1 aliphatic rings. The maximum Gasteiger partial charge on any atom is 0.255 e. The molecule has 0 unspecified atom stereocenters. The summed E-state index contributed by atoms with van der Waals surface area (Å²) < 4.78 is 0. The highest BCUT2D eigenvalue weighted by Gasteiger charge is 2.29. The van der Waals surface area contributed by atoms with Gasteiger partial charge in [0, 0.05) is 17.2 Å². The Kier molecular flexibility index (Phi) is 3.49. The monoisotopic (exact) mass is 320 g/mol. The molecule has 1 aliphatic carbocycles. The van der Waals surface area contributed by atoms with E-state index in [2.05, 4.69) is 20.6 Å². The molecule has 0 aliphatic heterocycles. The highest BCUT2D eigenvalue weighted by molar-refractivity contribution is 6.08. The molecule has 0 bridgehead atoms. The van der Waals surface area contributed by atoms with Crippen molar-refractivity contribution in [1.82, 2.24) is 9.97 Å². The van der Waals surface area contributed by atoms with Crippen LogP contribution in [0, 0.1) is 5.92 Å². The Morgan fingerprint density at radius 3 is 2.75 bits per heavy atom. The Balaban J connectivity index is 1.53. The molecule has 6 heteroatoms. The van der Waals surface area contributed by atoms with Crippen molar-refractivity contribution in [2.24, 2.45) is 5.92 Å². The van der Waals surface area contributed by atoms with Gasteiger partial charge in [0.05, 0.1) is 17.5 Å². The van der Waals surface area contributed by atoms with Crippen molar-refractivity contribution in [1.29, 1.82) is 0 Å². The van der Waals surface area contributed by atoms with E-state index in [9.17, 15) is 9.59 Å². The average Bonchev–Trinajstić information content (AvgIpc) is 3.33. The standard InChI is InChI=1S/C18H16N4O2/c23-17(11-7-8-11)21-13-4-1-3-12(9-13)18(24)22-15-6-2-5-14-16(15)20-10-19-14/h1-6,9-11H,7-8H2,(H,19,20)(H,21,23)(H,22,24). The highest BCUT2D eigenvalue weighted by atomic mass is 16.2. The van der Waals surface area contributed by atoms with Gasteiger partial charge >= 0.3 is 0 Å². The second-order valence-electron chi connectivity index (χ2n) is 5.90. The number of para-hydroxylation sites is 1. The van der Waals surface area contributed by atoms with E-state index in [-0.39, 0.29) is 17.7 Å². The number of benzene rings is 2. The summed E-state index contributed by atoms with van der Waals surface area (Å²) >= 11 is 0. The molecule has 0 spiro atoms. The van der Waals surface area contributed by atoms with E-state index < -0.39 is 0 Å². The molecule has 1 saturated carbocycles. The fourth-order valence-electron chi connectivity index (χ4n) is 2.59. The predicted molar refractivity (Wildman–Crippen MR) is 91.8 cm³/mol. The summed E-state index contributed by atoms with van der Waals surface area (Å²) in [5.41, 5.74) is 3.34. The zero-order chi connectivity index (χ0) is 16.5. The SMILES string of the molecule is O=C(Nc1cccc2[nH]cnc12)c1cccc(NC(=O)C2CC2)c1. The van der Waals surface area contributed by atoms with Crippen LogP contribution < -0.4 is 10.6 Å². The molecule has 3 N–H and O–H groups in total. The normalized spacial score (nSPS) is 13.7. The first-order valence-corrected chi connectivity index (χ1v) is 7.85. The van der Waals surface area contributed by atoms with E-state index in [1.165, 1.54) is 0 Å². The minimum absolute atomic E-state index is 0.0221. The van der Waals surface area contributed by atoms with Crippen LogP contribution in [0.5, 0.6) is 0 Å². The molecule has 0 radical (unpaired) electrons. The Morgan fingerprint density at radius 2 is 1.92 bits per heavy atom. The average molecular weight is 320 g/mol. The number of fused-ring (bicyclic) bond motifs is 1. The second kappa shape index (κ2) is 5.81. The molecular formula is C18H16N4O2. The van der Waals surface area contributed by atoms with E-state index in [0.717, 1.165) is 18.4 Å². The first-order chi connectivity index (χ1) is 11.7. The number of nitrogens with one attached hydrogen (secondary N) is 3. The molecule has 0 saturated heterocycles. The molecular weight excluding hydrogens is 304 g/mol. The quantitative estimate of drug-likeness (QED) is 0.690. The first-order valence-electron chi connectivity index (χ1n) is 7.85. The van der Waals surface area contributed by atoms with Gasteiger partial charge in [-0.15, -0.1) is 0 Å². The van der Waals surface area contributed by atoms with Crippen LogP contribution in [0.4, 0.5) is 11.4 Å². The largest absolute Gasteiger partial charge is 0.345 e. The van der Waals surface area contributed by atoms with Crippen LogP contribution in [0.2, 0.25) is 0 Å². The molecule has 1 heterocycles. The molecule has 3 aromatic rings. The summed E-state index contributed by atoms with van der Waals surface area (Å²) in [4.78, 5) is 31.6. The Labute approximate surface area is 138 Å². The highest BCUT2D eigenvalue weighted by Crippen LogP contribution is 2.30. The number of hydrogen-bond acceptors (Lipinski definition) is 3. The smallest absolute Gasteiger partial charge is 0.255 e. The fraction of sp³-hybridized carbons (Fsp3) is 0.167. The third-order valence-corrected chi connectivity index (χ3v) is 4.04. The van der Waals surface area contributed by atoms with Crippen LogP contribution in [0.3, 0.4) is 0 Å². The Hall–Kier alpha value is -3.15. The second-order valence-corrected chi connectivity index (χ2v) is 5.90. The summed E-state index contributed by atoms with van der Waals surface area (Å²) in [6, 6.07) is 12.5. The molecule has 6 nitrogen and oxygen atoms in total. The molecule has 24 heavy (non-hydrogen) atoms. The number of hydrogen-bond donors (Lipinski definition) is 3. The third-order valence-electron chi connectivity index (χ3n) is 4.04. The number of carbonyl (C=O) groups excluding carboxylic acids is 2. The van der Waals surface area contributed by atoms with Gasteiger partial charge in [0.1, 0.15) is 5.52 Å².